The molecule has 2 aromatic heterocycles. The molecule has 1 unspecified atom stereocenters. The van der Waals surface area contributed by atoms with Gasteiger partial charge >= 0.3 is 0 Å². The maximum Gasteiger partial charge on any atom is 0.123 e. The molecule has 1 aliphatic heterocycles. The van der Waals surface area contributed by atoms with Crippen molar-refractivity contribution in [3.05, 3.63) is 65.5 Å². The second kappa shape index (κ2) is 8.61. The number of imidazole rings is 1. The van der Waals surface area contributed by atoms with Crippen molar-refractivity contribution in [1.29, 1.82) is 0 Å². The highest BCUT2D eigenvalue weighted by molar-refractivity contribution is 5.34. The molecule has 0 bridgehead atoms. The Hall–Kier alpha value is -2.60. The Morgan fingerprint density at radius 2 is 2.18 bits per heavy atom. The van der Waals surface area contributed by atoms with Crippen LogP contribution in [0.3, 0.4) is 0 Å². The van der Waals surface area contributed by atoms with Gasteiger partial charge < -0.3 is 9.30 Å². The first-order valence-corrected chi connectivity index (χ1v) is 10.2. The molecule has 1 atom stereocenters. The monoisotopic (exact) mass is 379 g/mol. The lowest BCUT2D eigenvalue weighted by atomic mass is 9.96. The highest BCUT2D eigenvalue weighted by Gasteiger charge is 2.24. The highest BCUT2D eigenvalue weighted by Crippen LogP contribution is 2.29. The molecular weight excluding hydrogens is 350 g/mol. The van der Waals surface area contributed by atoms with E-state index >= 15 is 0 Å². The SMILES string of the molecule is CCC(C)c1n[nH]c2c1CN(Cc1ccccc1OCCn1ccnc1)CC2. The minimum atomic E-state index is 0.499. The maximum absolute atomic E-state index is 6.09. The number of benzene rings is 1. The van der Waals surface area contributed by atoms with Crippen molar-refractivity contribution < 1.29 is 4.74 Å². The Morgan fingerprint density at radius 3 is 3.00 bits per heavy atom. The van der Waals surface area contributed by atoms with E-state index in [9.17, 15) is 0 Å². The largest absolute Gasteiger partial charge is 0.491 e. The molecule has 0 spiro atoms. The summed E-state index contributed by atoms with van der Waals surface area (Å²) in [6, 6.07) is 8.38. The van der Waals surface area contributed by atoms with Gasteiger partial charge in [-0.3, -0.25) is 10.00 Å². The van der Waals surface area contributed by atoms with Crippen LogP contribution in [-0.4, -0.2) is 37.8 Å². The van der Waals surface area contributed by atoms with Crippen LogP contribution in [-0.2, 0) is 26.1 Å². The van der Waals surface area contributed by atoms with E-state index in [0.29, 0.717) is 12.5 Å². The lowest BCUT2D eigenvalue weighted by Gasteiger charge is -2.28. The van der Waals surface area contributed by atoms with Gasteiger partial charge in [-0.05, 0) is 12.5 Å². The van der Waals surface area contributed by atoms with Crippen LogP contribution in [0.4, 0.5) is 0 Å². The number of hydrogen-bond donors (Lipinski definition) is 1. The molecule has 0 radical (unpaired) electrons. The quantitative estimate of drug-likeness (QED) is 0.647. The summed E-state index contributed by atoms with van der Waals surface area (Å²) in [5.41, 5.74) is 5.20. The Kier molecular flexibility index (Phi) is 5.76. The van der Waals surface area contributed by atoms with E-state index in [1.807, 2.05) is 23.2 Å². The third kappa shape index (κ3) is 4.12. The molecular formula is C22H29N5O. The molecule has 0 amide bonds. The van der Waals surface area contributed by atoms with Gasteiger partial charge in [-0.15, -0.1) is 0 Å². The standard InChI is InChI=1S/C22H29N5O/c1-3-17(2)22-19-15-27(10-8-20(19)24-25-22)14-18-6-4-5-7-21(18)28-13-12-26-11-9-23-16-26/h4-7,9,11,16-17H,3,8,10,12-15H2,1-2H3,(H,24,25). The first-order valence-electron chi connectivity index (χ1n) is 10.2. The zero-order chi connectivity index (χ0) is 19.3. The van der Waals surface area contributed by atoms with E-state index in [2.05, 4.69) is 52.1 Å². The van der Waals surface area contributed by atoms with Crippen molar-refractivity contribution in [2.75, 3.05) is 13.2 Å². The third-order valence-electron chi connectivity index (χ3n) is 5.66. The summed E-state index contributed by atoms with van der Waals surface area (Å²) in [4.78, 5) is 6.58. The molecule has 0 aliphatic carbocycles. The molecule has 1 N–H and O–H groups in total. The van der Waals surface area contributed by atoms with E-state index in [0.717, 1.165) is 44.8 Å². The molecule has 1 aromatic carbocycles. The van der Waals surface area contributed by atoms with Gasteiger partial charge in [-0.25, -0.2) is 4.98 Å². The molecule has 28 heavy (non-hydrogen) atoms. The van der Waals surface area contributed by atoms with Crippen molar-refractivity contribution in [2.24, 2.45) is 0 Å². The van der Waals surface area contributed by atoms with Crippen molar-refractivity contribution in [3.63, 3.8) is 0 Å². The van der Waals surface area contributed by atoms with Crippen LogP contribution in [0.1, 0.15) is 48.7 Å². The second-order valence-corrected chi connectivity index (χ2v) is 7.59. The van der Waals surface area contributed by atoms with E-state index in [-0.39, 0.29) is 0 Å². The number of H-pyrrole nitrogens is 1. The smallest absolute Gasteiger partial charge is 0.123 e. The number of para-hydroxylation sites is 1. The van der Waals surface area contributed by atoms with Gasteiger partial charge in [0.2, 0.25) is 0 Å². The zero-order valence-electron chi connectivity index (χ0n) is 16.8. The van der Waals surface area contributed by atoms with Crippen LogP contribution < -0.4 is 4.74 Å². The summed E-state index contributed by atoms with van der Waals surface area (Å²) in [7, 11) is 0. The summed E-state index contributed by atoms with van der Waals surface area (Å²) in [6.07, 6.45) is 7.72. The van der Waals surface area contributed by atoms with Gasteiger partial charge in [0.25, 0.3) is 0 Å². The van der Waals surface area contributed by atoms with Crippen LogP contribution in [0, 0.1) is 0 Å². The average molecular weight is 380 g/mol. The predicted molar refractivity (Wildman–Crippen MR) is 109 cm³/mol. The van der Waals surface area contributed by atoms with Gasteiger partial charge in [-0.2, -0.15) is 5.10 Å². The molecule has 1 aliphatic rings. The van der Waals surface area contributed by atoms with E-state index < -0.39 is 0 Å². The average Bonchev–Trinajstić information content (AvgIpc) is 3.38. The van der Waals surface area contributed by atoms with Crippen molar-refractivity contribution in [2.45, 2.75) is 52.2 Å². The normalized spacial score (nSPS) is 15.4. The number of aromatic amines is 1. The van der Waals surface area contributed by atoms with E-state index in [4.69, 9.17) is 4.74 Å². The lowest BCUT2D eigenvalue weighted by molar-refractivity contribution is 0.234. The van der Waals surface area contributed by atoms with Crippen LogP contribution in [0.5, 0.6) is 5.75 Å². The topological polar surface area (TPSA) is 59.0 Å². The molecule has 4 rings (SSSR count). The first-order chi connectivity index (χ1) is 13.7. The number of hydrogen-bond acceptors (Lipinski definition) is 4. The summed E-state index contributed by atoms with van der Waals surface area (Å²) in [5.74, 6) is 1.47. The molecule has 6 heteroatoms. The number of nitrogens with zero attached hydrogens (tertiary/aromatic N) is 4. The van der Waals surface area contributed by atoms with Crippen molar-refractivity contribution >= 4 is 0 Å². The molecule has 0 saturated carbocycles. The minimum Gasteiger partial charge on any atom is -0.491 e. The van der Waals surface area contributed by atoms with Crippen molar-refractivity contribution in [1.82, 2.24) is 24.6 Å². The third-order valence-corrected chi connectivity index (χ3v) is 5.66. The molecule has 0 fully saturated rings. The molecule has 3 aromatic rings. The van der Waals surface area contributed by atoms with Gasteiger partial charge in [0.1, 0.15) is 12.4 Å². The zero-order valence-corrected chi connectivity index (χ0v) is 16.8. The lowest BCUT2D eigenvalue weighted by Crippen LogP contribution is -2.30. The Balaban J connectivity index is 1.41. The Labute approximate surface area is 166 Å². The van der Waals surface area contributed by atoms with E-state index in [1.54, 1.807) is 6.20 Å². The minimum absolute atomic E-state index is 0.499. The summed E-state index contributed by atoms with van der Waals surface area (Å²) >= 11 is 0. The van der Waals surface area contributed by atoms with Crippen LogP contribution in [0.15, 0.2) is 43.0 Å². The van der Waals surface area contributed by atoms with Crippen molar-refractivity contribution in [3.8, 4) is 5.75 Å². The van der Waals surface area contributed by atoms with Gasteiger partial charge in [-0.1, -0.05) is 32.0 Å². The van der Waals surface area contributed by atoms with Gasteiger partial charge in [0.15, 0.2) is 0 Å². The predicted octanol–water partition coefficient (Wildman–Crippen LogP) is 3.76. The molecule has 3 heterocycles. The number of ether oxygens (including phenoxy) is 1. The van der Waals surface area contributed by atoms with Crippen LogP contribution >= 0.6 is 0 Å². The Bertz CT molecular complexity index is 886. The van der Waals surface area contributed by atoms with Gasteiger partial charge in [0, 0.05) is 61.2 Å². The van der Waals surface area contributed by atoms with E-state index in [1.165, 1.54) is 22.5 Å². The fraction of sp³-hybridized carbons (Fsp3) is 0.455. The summed E-state index contributed by atoms with van der Waals surface area (Å²) in [5, 5.41) is 7.88. The molecule has 0 saturated heterocycles. The second-order valence-electron chi connectivity index (χ2n) is 7.59. The number of aromatic nitrogens is 4. The summed E-state index contributed by atoms with van der Waals surface area (Å²) in [6.45, 7) is 8.81. The number of fused-ring (bicyclic) bond motifs is 1. The fourth-order valence-corrected chi connectivity index (χ4v) is 3.81. The van der Waals surface area contributed by atoms with Gasteiger partial charge in [0.05, 0.1) is 18.6 Å². The fourth-order valence-electron chi connectivity index (χ4n) is 3.81. The summed E-state index contributed by atoms with van der Waals surface area (Å²) < 4.78 is 8.12. The van der Waals surface area contributed by atoms with Crippen LogP contribution in [0.25, 0.3) is 0 Å². The molecule has 6 nitrogen and oxygen atoms in total. The maximum atomic E-state index is 6.09. The Morgan fingerprint density at radius 1 is 1.29 bits per heavy atom. The van der Waals surface area contributed by atoms with Crippen LogP contribution in [0.2, 0.25) is 0 Å². The highest BCUT2D eigenvalue weighted by atomic mass is 16.5. The first kappa shape index (κ1) is 18.7. The molecule has 148 valence electrons. The number of nitrogens with one attached hydrogen (secondary N) is 1. The number of rotatable bonds is 8.